The Kier molecular flexibility index (Phi) is 3.30. The van der Waals surface area contributed by atoms with E-state index in [2.05, 4.69) is 20.9 Å². The molecular weight excluding hydrogens is 247 g/mol. The van der Waals surface area contributed by atoms with E-state index in [4.69, 9.17) is 0 Å². The van der Waals surface area contributed by atoms with Crippen LogP contribution in [-0.2, 0) is 5.33 Å². The van der Waals surface area contributed by atoms with Crippen molar-refractivity contribution in [3.63, 3.8) is 0 Å². The number of nitrogens with zero attached hydrogens (tertiary/aromatic N) is 1. The molecule has 0 unspecified atom stereocenters. The lowest BCUT2D eigenvalue weighted by Crippen LogP contribution is -2.01. The summed E-state index contributed by atoms with van der Waals surface area (Å²) in [6.45, 7) is 1.44. The molecule has 5 heteroatoms. The molecule has 0 aliphatic rings. The van der Waals surface area contributed by atoms with E-state index >= 15 is 0 Å². The highest BCUT2D eigenvalue weighted by Crippen LogP contribution is 2.27. The average molecular weight is 254 g/mol. The highest BCUT2D eigenvalue weighted by Gasteiger charge is 2.18. The molecule has 13 heavy (non-hydrogen) atoms. The Labute approximate surface area is 82.1 Å². The van der Waals surface area contributed by atoms with Gasteiger partial charge in [0.1, 0.15) is 0 Å². The summed E-state index contributed by atoms with van der Waals surface area (Å²) in [5.74, 6) is -0.947. The van der Waals surface area contributed by atoms with Crippen LogP contribution in [0.15, 0.2) is 6.20 Å². The number of rotatable bonds is 2. The van der Waals surface area contributed by atoms with Crippen LogP contribution in [0.3, 0.4) is 0 Å². The second-order valence-corrected chi connectivity index (χ2v) is 3.09. The third-order valence-electron chi connectivity index (χ3n) is 1.77. The fourth-order valence-electron chi connectivity index (χ4n) is 1.04. The van der Waals surface area contributed by atoms with Crippen molar-refractivity contribution in [2.45, 2.75) is 18.7 Å². The van der Waals surface area contributed by atoms with Gasteiger partial charge in [0.15, 0.2) is 5.82 Å². The Hall–Kier alpha value is -0.580. The lowest BCUT2D eigenvalue weighted by molar-refractivity contribution is 0.145. The molecule has 0 N–H and O–H groups in total. The van der Waals surface area contributed by atoms with Gasteiger partial charge in [-0.1, -0.05) is 15.9 Å². The van der Waals surface area contributed by atoms with Crippen LogP contribution in [-0.4, -0.2) is 4.98 Å². The van der Waals surface area contributed by atoms with Gasteiger partial charge in [0.05, 0.1) is 17.5 Å². The Bertz CT molecular complexity index is 315. The van der Waals surface area contributed by atoms with Crippen molar-refractivity contribution in [2.24, 2.45) is 0 Å². The highest BCUT2D eigenvalue weighted by atomic mass is 79.9. The smallest absolute Gasteiger partial charge is 0.257 e. The molecule has 0 fully saturated rings. The van der Waals surface area contributed by atoms with Gasteiger partial charge in [-0.2, -0.15) is 0 Å². The standard InChI is InChI=1S/C8H7BrF3N/c1-4-6(2-9)13-3-5(10)7(4)8(11)12/h3,8H,2H2,1H3. The van der Waals surface area contributed by atoms with Crippen molar-refractivity contribution in [1.29, 1.82) is 0 Å². The minimum absolute atomic E-state index is 0.215. The predicted molar refractivity (Wildman–Crippen MR) is 46.5 cm³/mol. The fraction of sp³-hybridized carbons (Fsp3) is 0.375. The lowest BCUT2D eigenvalue weighted by Gasteiger charge is -2.08. The normalized spacial score (nSPS) is 10.9. The number of hydrogen-bond acceptors (Lipinski definition) is 1. The third-order valence-corrected chi connectivity index (χ3v) is 2.30. The fourth-order valence-corrected chi connectivity index (χ4v) is 1.60. The molecule has 0 spiro atoms. The third kappa shape index (κ3) is 2.02. The van der Waals surface area contributed by atoms with Gasteiger partial charge in [0.25, 0.3) is 6.43 Å². The quantitative estimate of drug-likeness (QED) is 0.737. The minimum atomic E-state index is -2.79. The first-order valence-corrected chi connectivity index (χ1v) is 4.68. The SMILES string of the molecule is Cc1c(CBr)ncc(F)c1C(F)F. The van der Waals surface area contributed by atoms with Gasteiger partial charge in [0, 0.05) is 5.33 Å². The number of pyridine rings is 1. The Morgan fingerprint density at radius 3 is 2.62 bits per heavy atom. The Morgan fingerprint density at radius 2 is 2.15 bits per heavy atom. The van der Waals surface area contributed by atoms with Gasteiger partial charge in [0.2, 0.25) is 0 Å². The van der Waals surface area contributed by atoms with Gasteiger partial charge < -0.3 is 0 Å². The van der Waals surface area contributed by atoms with E-state index in [1.54, 1.807) is 0 Å². The van der Waals surface area contributed by atoms with E-state index in [1.165, 1.54) is 6.92 Å². The molecule has 72 valence electrons. The second kappa shape index (κ2) is 4.09. The van der Waals surface area contributed by atoms with Crippen molar-refractivity contribution in [3.8, 4) is 0 Å². The largest absolute Gasteiger partial charge is 0.267 e. The molecule has 1 aromatic heterocycles. The van der Waals surface area contributed by atoms with E-state index in [0.29, 0.717) is 11.0 Å². The van der Waals surface area contributed by atoms with Gasteiger partial charge in [-0.25, -0.2) is 13.2 Å². The van der Waals surface area contributed by atoms with E-state index in [9.17, 15) is 13.2 Å². The van der Waals surface area contributed by atoms with Crippen LogP contribution >= 0.6 is 15.9 Å². The van der Waals surface area contributed by atoms with Gasteiger partial charge in [-0.05, 0) is 12.5 Å². The number of hydrogen-bond donors (Lipinski definition) is 0. The van der Waals surface area contributed by atoms with Crippen LogP contribution in [0.1, 0.15) is 23.2 Å². The van der Waals surface area contributed by atoms with E-state index in [-0.39, 0.29) is 5.56 Å². The summed E-state index contributed by atoms with van der Waals surface area (Å²) in [5.41, 5.74) is 0.105. The van der Waals surface area contributed by atoms with E-state index in [0.717, 1.165) is 6.20 Å². The summed E-state index contributed by atoms with van der Waals surface area (Å²) < 4.78 is 37.5. The lowest BCUT2D eigenvalue weighted by atomic mass is 10.1. The number of aromatic nitrogens is 1. The Morgan fingerprint density at radius 1 is 1.54 bits per heavy atom. The zero-order valence-electron chi connectivity index (χ0n) is 6.82. The summed E-state index contributed by atoms with van der Waals surface area (Å²) in [7, 11) is 0. The van der Waals surface area contributed by atoms with Gasteiger partial charge in [-0.15, -0.1) is 0 Å². The minimum Gasteiger partial charge on any atom is -0.257 e. The highest BCUT2D eigenvalue weighted by molar-refractivity contribution is 9.08. The van der Waals surface area contributed by atoms with Crippen molar-refractivity contribution in [3.05, 3.63) is 28.8 Å². The molecule has 0 aliphatic carbocycles. The molecule has 0 atom stereocenters. The first-order chi connectivity index (χ1) is 6.07. The van der Waals surface area contributed by atoms with E-state index in [1.807, 2.05) is 0 Å². The molecule has 1 rings (SSSR count). The molecule has 0 radical (unpaired) electrons. The van der Waals surface area contributed by atoms with Gasteiger partial charge >= 0.3 is 0 Å². The molecule has 0 saturated carbocycles. The molecule has 1 nitrogen and oxygen atoms in total. The average Bonchev–Trinajstić information content (AvgIpc) is 2.04. The molecule has 0 bridgehead atoms. The first kappa shape index (κ1) is 10.5. The monoisotopic (exact) mass is 253 g/mol. The molecule has 1 aromatic rings. The van der Waals surface area contributed by atoms with Crippen LogP contribution in [0.5, 0.6) is 0 Å². The van der Waals surface area contributed by atoms with Crippen LogP contribution in [0.4, 0.5) is 13.2 Å². The first-order valence-electron chi connectivity index (χ1n) is 3.56. The summed E-state index contributed by atoms with van der Waals surface area (Å²) in [5, 5.41) is 0.346. The summed E-state index contributed by atoms with van der Waals surface area (Å²) >= 11 is 3.09. The number of halogens is 4. The molecular formula is C8H7BrF3N. The molecule has 0 amide bonds. The predicted octanol–water partition coefficient (Wildman–Crippen LogP) is 3.36. The van der Waals surface area contributed by atoms with Crippen molar-refractivity contribution in [1.82, 2.24) is 4.98 Å². The molecule has 1 heterocycles. The summed E-state index contributed by atoms with van der Waals surface area (Å²) in [6, 6.07) is 0. The summed E-state index contributed by atoms with van der Waals surface area (Å²) in [4.78, 5) is 3.68. The zero-order chi connectivity index (χ0) is 10.0. The van der Waals surface area contributed by atoms with Gasteiger partial charge in [-0.3, -0.25) is 4.98 Å². The second-order valence-electron chi connectivity index (χ2n) is 2.53. The maximum Gasteiger partial charge on any atom is 0.267 e. The van der Waals surface area contributed by atoms with Crippen molar-refractivity contribution in [2.75, 3.05) is 0 Å². The molecule has 0 aliphatic heterocycles. The number of alkyl halides is 3. The maximum atomic E-state index is 12.9. The van der Waals surface area contributed by atoms with Crippen molar-refractivity contribution < 1.29 is 13.2 Å². The van der Waals surface area contributed by atoms with E-state index < -0.39 is 17.8 Å². The van der Waals surface area contributed by atoms with Crippen LogP contribution in [0.25, 0.3) is 0 Å². The van der Waals surface area contributed by atoms with Crippen LogP contribution in [0.2, 0.25) is 0 Å². The molecule has 0 aromatic carbocycles. The van der Waals surface area contributed by atoms with Crippen LogP contribution < -0.4 is 0 Å². The zero-order valence-corrected chi connectivity index (χ0v) is 8.41. The summed E-state index contributed by atoms with van der Waals surface area (Å²) in [6.07, 6.45) is -1.97. The Balaban J connectivity index is 3.30. The van der Waals surface area contributed by atoms with Crippen LogP contribution in [0, 0.1) is 12.7 Å². The molecule has 0 saturated heterocycles. The maximum absolute atomic E-state index is 12.9. The topological polar surface area (TPSA) is 12.9 Å². The van der Waals surface area contributed by atoms with Crippen molar-refractivity contribution >= 4 is 15.9 Å².